The molecule has 0 aliphatic heterocycles. The van der Waals surface area contributed by atoms with Gasteiger partial charge in [0.15, 0.2) is 0 Å². The van der Waals surface area contributed by atoms with Gasteiger partial charge in [0.1, 0.15) is 3.70 Å². The van der Waals surface area contributed by atoms with E-state index in [1.807, 2.05) is 0 Å². The Morgan fingerprint density at radius 1 is 1.64 bits per heavy atom. The molecule has 0 spiro atoms. The van der Waals surface area contributed by atoms with Crippen LogP contribution in [0.15, 0.2) is 0 Å². The van der Waals surface area contributed by atoms with Crippen molar-refractivity contribution >= 4 is 22.6 Å². The van der Waals surface area contributed by atoms with Crippen LogP contribution in [0.3, 0.4) is 0 Å². The number of nitrogens with one attached hydrogen (secondary N) is 1. The van der Waals surface area contributed by atoms with Crippen molar-refractivity contribution in [3.63, 3.8) is 0 Å². The quantitative estimate of drug-likeness (QED) is 0.681. The molecule has 60 valence electrons. The molecule has 1 aliphatic rings. The zero-order valence-electron chi connectivity index (χ0n) is 6.10. The molecule has 0 radical (unpaired) electrons. The minimum atomic E-state index is 0.341. The van der Waals surface area contributed by atoms with Gasteiger partial charge in [0.2, 0.25) is 0 Å². The summed E-state index contributed by atoms with van der Waals surface area (Å²) >= 11 is 2.25. The van der Waals surface area contributed by atoms with Crippen LogP contribution in [0.5, 0.6) is 0 Å². The molecule has 1 atom stereocenters. The lowest BCUT2D eigenvalue weighted by Gasteiger charge is -2.16. The molecule has 3 N–H and O–H groups in total. The first-order chi connectivity index (χ1) is 5.27. The van der Waals surface area contributed by atoms with Crippen molar-refractivity contribution in [1.82, 2.24) is 10.2 Å². The van der Waals surface area contributed by atoms with Gasteiger partial charge in [-0.1, -0.05) is 0 Å². The van der Waals surface area contributed by atoms with E-state index in [2.05, 4.69) is 32.8 Å². The highest BCUT2D eigenvalue weighted by Crippen LogP contribution is 2.22. The first-order valence-corrected chi connectivity index (χ1v) is 4.82. The van der Waals surface area contributed by atoms with Gasteiger partial charge in [-0.2, -0.15) is 5.10 Å². The van der Waals surface area contributed by atoms with Gasteiger partial charge >= 0.3 is 0 Å². The van der Waals surface area contributed by atoms with E-state index in [0.29, 0.717) is 6.04 Å². The molecule has 0 saturated carbocycles. The van der Waals surface area contributed by atoms with Crippen LogP contribution in [-0.2, 0) is 12.8 Å². The summed E-state index contributed by atoms with van der Waals surface area (Å²) in [5.74, 6) is 0. The molecule has 2 rings (SSSR count). The summed E-state index contributed by atoms with van der Waals surface area (Å²) < 4.78 is 1.09. The fourth-order valence-corrected chi connectivity index (χ4v) is 2.15. The molecule has 1 aliphatic carbocycles. The van der Waals surface area contributed by atoms with Crippen LogP contribution in [0, 0.1) is 3.70 Å². The fourth-order valence-electron chi connectivity index (χ4n) is 1.48. The van der Waals surface area contributed by atoms with E-state index in [4.69, 9.17) is 5.73 Å². The molecule has 1 unspecified atom stereocenters. The molecule has 0 aromatic carbocycles. The molecule has 0 saturated heterocycles. The Hall–Kier alpha value is -0.100. The molecule has 0 fully saturated rings. The molecular formula is C7H10IN3. The van der Waals surface area contributed by atoms with Gasteiger partial charge in [0, 0.05) is 17.3 Å². The molecule has 0 amide bonds. The monoisotopic (exact) mass is 263 g/mol. The summed E-state index contributed by atoms with van der Waals surface area (Å²) in [6.07, 6.45) is 3.14. The van der Waals surface area contributed by atoms with E-state index in [9.17, 15) is 0 Å². The number of H-pyrrole nitrogens is 1. The second kappa shape index (κ2) is 2.75. The molecule has 4 heteroatoms. The van der Waals surface area contributed by atoms with Crippen molar-refractivity contribution in [3.8, 4) is 0 Å². The molecule has 1 aromatic rings. The van der Waals surface area contributed by atoms with Crippen LogP contribution in [0.4, 0.5) is 0 Å². The van der Waals surface area contributed by atoms with E-state index >= 15 is 0 Å². The smallest absolute Gasteiger partial charge is 0.126 e. The fraction of sp³-hybridized carbons (Fsp3) is 0.571. The lowest BCUT2D eigenvalue weighted by molar-refractivity contribution is 0.570. The first kappa shape index (κ1) is 7.54. The maximum absolute atomic E-state index is 5.83. The molecule has 1 aromatic heterocycles. The predicted octanol–water partition coefficient (Wildman–Crippen LogP) is 0.830. The van der Waals surface area contributed by atoms with E-state index < -0.39 is 0 Å². The maximum atomic E-state index is 5.83. The van der Waals surface area contributed by atoms with E-state index in [1.165, 1.54) is 11.3 Å². The Bertz CT molecular complexity index is 269. The maximum Gasteiger partial charge on any atom is 0.126 e. The Labute approximate surface area is 78.9 Å². The lowest BCUT2D eigenvalue weighted by atomic mass is 9.94. The van der Waals surface area contributed by atoms with Crippen molar-refractivity contribution in [1.29, 1.82) is 0 Å². The normalized spacial score (nSPS) is 23.3. The topological polar surface area (TPSA) is 54.7 Å². The lowest BCUT2D eigenvalue weighted by Crippen LogP contribution is -2.27. The molecule has 3 nitrogen and oxygen atoms in total. The number of fused-ring (bicyclic) bond motifs is 1. The van der Waals surface area contributed by atoms with Gasteiger partial charge in [-0.3, -0.25) is 5.10 Å². The Kier molecular flexibility index (Phi) is 1.88. The predicted molar refractivity (Wildman–Crippen MR) is 51.3 cm³/mol. The SMILES string of the molecule is NC1CCc2[nH]nc(I)c2C1. The second-order valence-corrected chi connectivity index (χ2v) is 4.00. The number of aromatic nitrogens is 2. The van der Waals surface area contributed by atoms with Crippen molar-refractivity contribution in [2.75, 3.05) is 0 Å². The van der Waals surface area contributed by atoms with Crippen molar-refractivity contribution < 1.29 is 0 Å². The number of nitrogens with zero attached hydrogens (tertiary/aromatic N) is 1. The second-order valence-electron chi connectivity index (χ2n) is 2.97. The summed E-state index contributed by atoms with van der Waals surface area (Å²) in [6.45, 7) is 0. The van der Waals surface area contributed by atoms with Crippen molar-refractivity contribution in [3.05, 3.63) is 15.0 Å². The van der Waals surface area contributed by atoms with Crippen LogP contribution in [-0.4, -0.2) is 16.2 Å². The van der Waals surface area contributed by atoms with Crippen molar-refractivity contribution in [2.24, 2.45) is 5.73 Å². The summed E-state index contributed by atoms with van der Waals surface area (Å²) in [7, 11) is 0. The largest absolute Gasteiger partial charge is 0.327 e. The number of hydrogen-bond acceptors (Lipinski definition) is 2. The molecule has 11 heavy (non-hydrogen) atoms. The van der Waals surface area contributed by atoms with Crippen LogP contribution in [0.1, 0.15) is 17.7 Å². The van der Waals surface area contributed by atoms with E-state index in [0.717, 1.165) is 23.0 Å². The zero-order valence-corrected chi connectivity index (χ0v) is 8.26. The standard InChI is InChI=1S/C7H10IN3/c8-7-5-3-4(9)1-2-6(5)10-11-7/h4H,1-3,9H2,(H,10,11). The van der Waals surface area contributed by atoms with Crippen LogP contribution < -0.4 is 5.73 Å². The van der Waals surface area contributed by atoms with Gasteiger partial charge < -0.3 is 5.73 Å². The van der Waals surface area contributed by atoms with Crippen molar-refractivity contribution in [2.45, 2.75) is 25.3 Å². The van der Waals surface area contributed by atoms with Gasteiger partial charge in [-0.15, -0.1) is 0 Å². The molecule has 0 bridgehead atoms. The molecular weight excluding hydrogens is 253 g/mol. The number of halogens is 1. The third-order valence-electron chi connectivity index (χ3n) is 2.13. The van der Waals surface area contributed by atoms with Gasteiger partial charge in [-0.05, 0) is 41.9 Å². The van der Waals surface area contributed by atoms with E-state index in [-0.39, 0.29) is 0 Å². The zero-order chi connectivity index (χ0) is 7.84. The average Bonchev–Trinajstić information content (AvgIpc) is 2.33. The number of rotatable bonds is 0. The highest BCUT2D eigenvalue weighted by Gasteiger charge is 2.19. The summed E-state index contributed by atoms with van der Waals surface area (Å²) in [5, 5.41) is 7.17. The first-order valence-electron chi connectivity index (χ1n) is 3.74. The van der Waals surface area contributed by atoms with Crippen LogP contribution >= 0.6 is 22.6 Å². The van der Waals surface area contributed by atoms with Crippen LogP contribution in [0.25, 0.3) is 0 Å². The summed E-state index contributed by atoms with van der Waals surface area (Å²) in [4.78, 5) is 0. The third-order valence-corrected chi connectivity index (χ3v) is 3.03. The Morgan fingerprint density at radius 2 is 2.45 bits per heavy atom. The van der Waals surface area contributed by atoms with Gasteiger partial charge in [0.25, 0.3) is 0 Å². The average molecular weight is 263 g/mol. The summed E-state index contributed by atoms with van der Waals surface area (Å²) in [5.41, 5.74) is 8.46. The number of aryl methyl sites for hydroxylation is 1. The van der Waals surface area contributed by atoms with Crippen LogP contribution in [0.2, 0.25) is 0 Å². The third kappa shape index (κ3) is 1.29. The van der Waals surface area contributed by atoms with E-state index in [1.54, 1.807) is 0 Å². The minimum Gasteiger partial charge on any atom is -0.327 e. The highest BCUT2D eigenvalue weighted by molar-refractivity contribution is 14.1. The summed E-state index contributed by atoms with van der Waals surface area (Å²) in [6, 6.07) is 0.341. The van der Waals surface area contributed by atoms with Gasteiger partial charge in [0.05, 0.1) is 0 Å². The number of aromatic amines is 1. The Balaban J connectivity index is 2.37. The number of hydrogen-bond donors (Lipinski definition) is 2. The number of nitrogens with two attached hydrogens (primary N) is 1. The molecule has 1 heterocycles. The Morgan fingerprint density at radius 3 is 3.27 bits per heavy atom. The highest BCUT2D eigenvalue weighted by atomic mass is 127. The minimum absolute atomic E-state index is 0.341. The van der Waals surface area contributed by atoms with Gasteiger partial charge in [-0.25, -0.2) is 0 Å².